The van der Waals surface area contributed by atoms with Crippen LogP contribution < -0.4 is 10.1 Å². The Balaban J connectivity index is 1.34. The van der Waals surface area contributed by atoms with Crippen molar-refractivity contribution >= 4 is 40.0 Å². The Morgan fingerprint density at radius 2 is 1.85 bits per heavy atom. The monoisotopic (exact) mass is 385 g/mol. The molecule has 0 spiro atoms. The summed E-state index contributed by atoms with van der Waals surface area (Å²) in [6, 6.07) is 21.7. The molecule has 0 atom stereocenters. The lowest BCUT2D eigenvalue weighted by Crippen LogP contribution is -2.30. The Morgan fingerprint density at radius 1 is 1.00 bits per heavy atom. The van der Waals surface area contributed by atoms with E-state index in [-0.39, 0.29) is 12.5 Å². The Kier molecular flexibility index (Phi) is 6.81. The molecule has 0 fully saturated rings. The highest BCUT2D eigenvalue weighted by atomic mass is 35.5. The molecule has 1 amide bonds. The lowest BCUT2D eigenvalue weighted by Gasteiger charge is -2.08. The van der Waals surface area contributed by atoms with Gasteiger partial charge in [0.05, 0.1) is 0 Å². The van der Waals surface area contributed by atoms with Crippen molar-refractivity contribution in [3.8, 4) is 5.75 Å². The molecule has 5 heteroatoms. The zero-order valence-corrected chi connectivity index (χ0v) is 15.9. The first-order chi connectivity index (χ1) is 12.7. The zero-order chi connectivity index (χ0) is 18.2. The fraction of sp³-hybridized carbons (Fsp3) is 0.190. The molecule has 0 radical (unpaired) electrons. The molecular formula is C21H20ClNO2S. The first-order valence-corrected chi connectivity index (χ1v) is 9.94. The number of thioether (sulfide) groups is 1. The standard InChI is InChI=1S/C21H20ClNO2S/c22-19-7-3-4-16(12-19)15-26-11-10-23-21(24)14-25-20-9-8-17-5-1-2-6-18(17)13-20/h1-9,12-13H,10-11,14-15H2,(H,23,24). The summed E-state index contributed by atoms with van der Waals surface area (Å²) < 4.78 is 5.58. The maximum Gasteiger partial charge on any atom is 0.257 e. The SMILES string of the molecule is O=C(COc1ccc2ccccc2c1)NCCSCc1cccc(Cl)c1. The number of rotatable bonds is 8. The number of nitrogens with one attached hydrogen (secondary N) is 1. The maximum atomic E-state index is 11.9. The topological polar surface area (TPSA) is 38.3 Å². The summed E-state index contributed by atoms with van der Waals surface area (Å²) >= 11 is 7.72. The molecule has 134 valence electrons. The summed E-state index contributed by atoms with van der Waals surface area (Å²) in [6.07, 6.45) is 0. The van der Waals surface area contributed by atoms with Crippen LogP contribution in [0.1, 0.15) is 5.56 Å². The molecule has 0 saturated heterocycles. The summed E-state index contributed by atoms with van der Waals surface area (Å²) in [5, 5.41) is 5.88. The molecule has 0 aromatic heterocycles. The second-order valence-corrected chi connectivity index (χ2v) is 7.37. The van der Waals surface area contributed by atoms with Crippen molar-refractivity contribution in [1.82, 2.24) is 5.32 Å². The average molecular weight is 386 g/mol. The highest BCUT2D eigenvalue weighted by Gasteiger charge is 2.03. The molecular weight excluding hydrogens is 366 g/mol. The van der Waals surface area contributed by atoms with E-state index in [9.17, 15) is 4.79 Å². The number of carbonyl (C=O) groups is 1. The third-order valence-corrected chi connectivity index (χ3v) is 5.08. The van der Waals surface area contributed by atoms with Crippen LogP contribution in [0.15, 0.2) is 66.7 Å². The van der Waals surface area contributed by atoms with Gasteiger partial charge in [0, 0.05) is 23.1 Å². The van der Waals surface area contributed by atoms with Crippen LogP contribution in [-0.4, -0.2) is 24.8 Å². The number of hydrogen-bond acceptors (Lipinski definition) is 3. The fourth-order valence-corrected chi connectivity index (χ4v) is 3.56. The molecule has 1 N–H and O–H groups in total. The van der Waals surface area contributed by atoms with Crippen LogP contribution in [-0.2, 0) is 10.5 Å². The maximum absolute atomic E-state index is 11.9. The van der Waals surface area contributed by atoms with Crippen LogP contribution >= 0.6 is 23.4 Å². The summed E-state index contributed by atoms with van der Waals surface area (Å²) in [5.41, 5.74) is 1.19. The van der Waals surface area contributed by atoms with E-state index in [1.54, 1.807) is 11.8 Å². The minimum absolute atomic E-state index is 0.0251. The highest BCUT2D eigenvalue weighted by molar-refractivity contribution is 7.98. The summed E-state index contributed by atoms with van der Waals surface area (Å²) in [7, 11) is 0. The number of amides is 1. The van der Waals surface area contributed by atoms with Gasteiger partial charge in [-0.3, -0.25) is 4.79 Å². The van der Waals surface area contributed by atoms with Crippen molar-refractivity contribution in [1.29, 1.82) is 0 Å². The predicted molar refractivity (Wildman–Crippen MR) is 110 cm³/mol. The number of ether oxygens (including phenoxy) is 1. The Morgan fingerprint density at radius 3 is 2.69 bits per heavy atom. The predicted octanol–water partition coefficient (Wildman–Crippen LogP) is 4.92. The average Bonchev–Trinajstić information content (AvgIpc) is 2.66. The first-order valence-electron chi connectivity index (χ1n) is 8.41. The van der Waals surface area contributed by atoms with Crippen molar-refractivity contribution in [3.63, 3.8) is 0 Å². The van der Waals surface area contributed by atoms with Gasteiger partial charge in [-0.25, -0.2) is 0 Å². The highest BCUT2D eigenvalue weighted by Crippen LogP contribution is 2.20. The van der Waals surface area contributed by atoms with E-state index in [1.165, 1.54) is 5.56 Å². The van der Waals surface area contributed by atoms with Gasteiger partial charge in [-0.2, -0.15) is 11.8 Å². The molecule has 0 saturated carbocycles. The largest absolute Gasteiger partial charge is 0.484 e. The van der Waals surface area contributed by atoms with E-state index in [4.69, 9.17) is 16.3 Å². The van der Waals surface area contributed by atoms with E-state index in [2.05, 4.69) is 11.4 Å². The fourth-order valence-electron chi connectivity index (χ4n) is 2.54. The van der Waals surface area contributed by atoms with E-state index in [0.717, 1.165) is 27.3 Å². The van der Waals surface area contributed by atoms with Crippen molar-refractivity contribution < 1.29 is 9.53 Å². The molecule has 26 heavy (non-hydrogen) atoms. The lowest BCUT2D eigenvalue weighted by molar-refractivity contribution is -0.122. The molecule has 0 bridgehead atoms. The Bertz CT molecular complexity index is 885. The number of hydrogen-bond donors (Lipinski definition) is 1. The normalized spacial score (nSPS) is 10.7. The van der Waals surface area contributed by atoms with Crippen LogP contribution in [0.3, 0.4) is 0 Å². The van der Waals surface area contributed by atoms with Crippen molar-refractivity contribution in [2.24, 2.45) is 0 Å². The van der Waals surface area contributed by atoms with Gasteiger partial charge in [-0.15, -0.1) is 0 Å². The van der Waals surface area contributed by atoms with Gasteiger partial charge in [0.1, 0.15) is 5.75 Å². The molecule has 3 aromatic carbocycles. The minimum Gasteiger partial charge on any atom is -0.484 e. The van der Waals surface area contributed by atoms with Crippen LogP contribution in [0, 0.1) is 0 Å². The molecule has 0 aliphatic heterocycles. The Labute approximate surface area is 162 Å². The third-order valence-electron chi connectivity index (χ3n) is 3.82. The van der Waals surface area contributed by atoms with Crippen LogP contribution in [0.4, 0.5) is 0 Å². The first kappa shape index (κ1) is 18.6. The van der Waals surface area contributed by atoms with Crippen molar-refractivity contribution in [2.45, 2.75) is 5.75 Å². The van der Waals surface area contributed by atoms with Gasteiger partial charge in [-0.05, 0) is 40.6 Å². The van der Waals surface area contributed by atoms with E-state index >= 15 is 0 Å². The number of carbonyl (C=O) groups excluding carboxylic acids is 1. The van der Waals surface area contributed by atoms with Crippen molar-refractivity contribution in [2.75, 3.05) is 18.9 Å². The smallest absolute Gasteiger partial charge is 0.257 e. The summed E-state index contributed by atoms with van der Waals surface area (Å²) in [4.78, 5) is 11.9. The molecule has 0 aliphatic carbocycles. The van der Waals surface area contributed by atoms with E-state index in [0.29, 0.717) is 12.3 Å². The van der Waals surface area contributed by atoms with Gasteiger partial charge in [-0.1, -0.05) is 54.1 Å². The number of fused-ring (bicyclic) bond motifs is 1. The van der Waals surface area contributed by atoms with Crippen LogP contribution in [0.2, 0.25) is 5.02 Å². The molecule has 3 nitrogen and oxygen atoms in total. The molecule has 0 aliphatic rings. The van der Waals surface area contributed by atoms with Gasteiger partial charge in [0.25, 0.3) is 5.91 Å². The molecule has 3 aromatic rings. The van der Waals surface area contributed by atoms with Gasteiger partial charge < -0.3 is 10.1 Å². The lowest BCUT2D eigenvalue weighted by atomic mass is 10.1. The minimum atomic E-state index is -0.110. The Hall–Kier alpha value is -2.17. The third kappa shape index (κ3) is 5.68. The van der Waals surface area contributed by atoms with E-state index < -0.39 is 0 Å². The van der Waals surface area contributed by atoms with Gasteiger partial charge in [0.2, 0.25) is 0 Å². The summed E-state index contributed by atoms with van der Waals surface area (Å²) in [6.45, 7) is 0.641. The second-order valence-electron chi connectivity index (χ2n) is 5.83. The quantitative estimate of drug-likeness (QED) is 0.559. The van der Waals surface area contributed by atoms with Crippen LogP contribution in [0.25, 0.3) is 10.8 Å². The van der Waals surface area contributed by atoms with E-state index in [1.807, 2.05) is 60.7 Å². The summed E-state index contributed by atoms with van der Waals surface area (Å²) in [5.74, 6) is 2.31. The van der Waals surface area contributed by atoms with Crippen LogP contribution in [0.5, 0.6) is 5.75 Å². The number of benzene rings is 3. The number of halogens is 1. The molecule has 3 rings (SSSR count). The zero-order valence-electron chi connectivity index (χ0n) is 14.3. The van der Waals surface area contributed by atoms with Crippen molar-refractivity contribution in [3.05, 3.63) is 77.3 Å². The molecule has 0 unspecified atom stereocenters. The van der Waals surface area contributed by atoms with Gasteiger partial charge in [0.15, 0.2) is 6.61 Å². The van der Waals surface area contributed by atoms with Gasteiger partial charge >= 0.3 is 0 Å². The molecule has 0 heterocycles. The second kappa shape index (κ2) is 9.51.